The van der Waals surface area contributed by atoms with Crippen molar-refractivity contribution in [1.82, 2.24) is 5.32 Å². The minimum atomic E-state index is -1.04. The smallest absolute Gasteiger partial charge is 0.329 e. The van der Waals surface area contributed by atoms with E-state index in [1.165, 1.54) is 0 Å². The third kappa shape index (κ3) is 6.74. The second-order valence-electron chi connectivity index (χ2n) is 5.31. The molecule has 2 aromatic rings. The lowest BCUT2D eigenvalue weighted by atomic mass is 10.0. The number of carboxylic acids is 1. The third-order valence-corrected chi connectivity index (χ3v) is 3.38. The average Bonchev–Trinajstić information content (AvgIpc) is 2.63. The number of hydrogen-bond donors (Lipinski definition) is 2. The van der Waals surface area contributed by atoms with E-state index < -0.39 is 5.97 Å². The van der Waals surface area contributed by atoms with Crippen molar-refractivity contribution < 1.29 is 24.2 Å². The van der Waals surface area contributed by atoms with Crippen LogP contribution in [0.25, 0.3) is 0 Å². The largest absolute Gasteiger partial charge is 0.480 e. The molecular weight excluding hydrogens is 322 g/mol. The van der Waals surface area contributed by atoms with E-state index in [1.54, 1.807) is 0 Å². The first kappa shape index (κ1) is 18.6. The van der Waals surface area contributed by atoms with Crippen LogP contribution in [0.4, 0.5) is 0 Å². The Hall–Kier alpha value is -2.70. The first-order valence-electron chi connectivity index (χ1n) is 7.94. The van der Waals surface area contributed by atoms with Gasteiger partial charge in [-0.05, 0) is 11.1 Å². The van der Waals surface area contributed by atoms with E-state index >= 15 is 0 Å². The van der Waals surface area contributed by atoms with Gasteiger partial charge in [-0.25, -0.2) is 4.79 Å². The van der Waals surface area contributed by atoms with Gasteiger partial charge in [-0.1, -0.05) is 60.7 Å². The van der Waals surface area contributed by atoms with Crippen molar-refractivity contribution in [3.63, 3.8) is 0 Å². The highest BCUT2D eigenvalue weighted by Crippen LogP contribution is 2.25. The fourth-order valence-corrected chi connectivity index (χ4v) is 2.27. The van der Waals surface area contributed by atoms with E-state index in [0.29, 0.717) is 0 Å². The van der Waals surface area contributed by atoms with Crippen molar-refractivity contribution >= 4 is 11.9 Å². The molecule has 6 nitrogen and oxygen atoms in total. The van der Waals surface area contributed by atoms with Crippen molar-refractivity contribution in [2.75, 3.05) is 26.4 Å². The molecule has 2 aromatic carbocycles. The van der Waals surface area contributed by atoms with E-state index in [4.69, 9.17) is 14.6 Å². The number of carbonyl (C=O) groups excluding carboxylic acids is 1. The van der Waals surface area contributed by atoms with Crippen LogP contribution >= 0.6 is 0 Å². The summed E-state index contributed by atoms with van der Waals surface area (Å²) < 4.78 is 10.7. The van der Waals surface area contributed by atoms with Crippen LogP contribution < -0.4 is 5.32 Å². The maximum Gasteiger partial charge on any atom is 0.329 e. The van der Waals surface area contributed by atoms with Gasteiger partial charge < -0.3 is 19.9 Å². The quantitative estimate of drug-likeness (QED) is 0.645. The van der Waals surface area contributed by atoms with Gasteiger partial charge in [0.25, 0.3) is 0 Å². The first-order chi connectivity index (χ1) is 12.2. The summed E-state index contributed by atoms with van der Waals surface area (Å²) in [5.41, 5.74) is 1.93. The number of nitrogens with one attached hydrogen (secondary N) is 1. The molecule has 0 fully saturated rings. The molecule has 0 saturated heterocycles. The number of ether oxygens (including phenoxy) is 2. The molecule has 2 rings (SSSR count). The summed E-state index contributed by atoms with van der Waals surface area (Å²) in [7, 11) is 0. The number of carbonyl (C=O) groups is 2. The van der Waals surface area contributed by atoms with E-state index in [0.717, 1.165) is 11.1 Å². The van der Waals surface area contributed by atoms with E-state index in [2.05, 4.69) is 5.32 Å². The highest BCUT2D eigenvalue weighted by Gasteiger charge is 2.15. The monoisotopic (exact) mass is 343 g/mol. The minimum Gasteiger partial charge on any atom is -0.480 e. The van der Waals surface area contributed by atoms with E-state index in [-0.39, 0.29) is 38.4 Å². The SMILES string of the molecule is O=C(O)COCCNC(=O)COC(c1ccccc1)c1ccccc1. The summed E-state index contributed by atoms with van der Waals surface area (Å²) in [5.74, 6) is -1.32. The molecule has 0 radical (unpaired) electrons. The lowest BCUT2D eigenvalue weighted by Gasteiger charge is -2.18. The molecule has 0 aliphatic rings. The minimum absolute atomic E-state index is 0.104. The predicted molar refractivity (Wildman–Crippen MR) is 92.1 cm³/mol. The van der Waals surface area contributed by atoms with Crippen molar-refractivity contribution in [1.29, 1.82) is 0 Å². The topological polar surface area (TPSA) is 84.9 Å². The fraction of sp³-hybridized carbons (Fsp3) is 0.263. The molecule has 0 aliphatic heterocycles. The number of carboxylic acid groups (broad SMARTS) is 1. The Morgan fingerprint density at radius 2 is 1.48 bits per heavy atom. The first-order valence-corrected chi connectivity index (χ1v) is 7.94. The molecule has 132 valence electrons. The van der Waals surface area contributed by atoms with Crippen LogP contribution in [0.5, 0.6) is 0 Å². The summed E-state index contributed by atoms with van der Waals surface area (Å²) in [6, 6.07) is 19.4. The van der Waals surface area contributed by atoms with Crippen molar-refractivity contribution in [3.8, 4) is 0 Å². The second-order valence-corrected chi connectivity index (χ2v) is 5.31. The molecule has 0 aromatic heterocycles. The Labute approximate surface area is 146 Å². The normalized spacial score (nSPS) is 10.6. The Kier molecular flexibility index (Phi) is 7.62. The molecule has 0 atom stereocenters. The zero-order chi connectivity index (χ0) is 17.9. The molecule has 0 aliphatic carbocycles. The van der Waals surface area contributed by atoms with E-state index in [1.807, 2.05) is 60.7 Å². The molecule has 0 heterocycles. The predicted octanol–water partition coefficient (Wildman–Crippen LogP) is 2.01. The van der Waals surface area contributed by atoms with Gasteiger partial charge in [0.15, 0.2) is 0 Å². The van der Waals surface area contributed by atoms with Crippen LogP contribution in [0.15, 0.2) is 60.7 Å². The van der Waals surface area contributed by atoms with Crippen molar-refractivity contribution in [2.24, 2.45) is 0 Å². The van der Waals surface area contributed by atoms with Crippen LogP contribution in [-0.4, -0.2) is 43.3 Å². The standard InChI is InChI=1S/C19H21NO5/c21-17(20-11-12-24-14-18(22)23)13-25-19(15-7-3-1-4-8-15)16-9-5-2-6-10-16/h1-10,19H,11-14H2,(H,20,21)(H,22,23). The fourth-order valence-electron chi connectivity index (χ4n) is 2.27. The molecule has 2 N–H and O–H groups in total. The zero-order valence-electron chi connectivity index (χ0n) is 13.8. The summed E-state index contributed by atoms with van der Waals surface area (Å²) in [5, 5.41) is 11.1. The molecule has 1 amide bonds. The van der Waals surface area contributed by atoms with Gasteiger partial charge in [-0.2, -0.15) is 0 Å². The van der Waals surface area contributed by atoms with Crippen LogP contribution in [0.2, 0.25) is 0 Å². The number of benzene rings is 2. The summed E-state index contributed by atoms with van der Waals surface area (Å²) in [6.07, 6.45) is -0.337. The Morgan fingerprint density at radius 3 is 2.00 bits per heavy atom. The maximum absolute atomic E-state index is 11.9. The number of amides is 1. The average molecular weight is 343 g/mol. The highest BCUT2D eigenvalue weighted by molar-refractivity contribution is 5.77. The van der Waals surface area contributed by atoms with Crippen LogP contribution in [0.3, 0.4) is 0 Å². The Balaban J connectivity index is 1.86. The van der Waals surface area contributed by atoms with Crippen molar-refractivity contribution in [2.45, 2.75) is 6.10 Å². The number of rotatable bonds is 10. The molecule has 0 saturated carbocycles. The molecule has 0 unspecified atom stereocenters. The van der Waals surface area contributed by atoms with Gasteiger partial charge in [0.05, 0.1) is 6.61 Å². The van der Waals surface area contributed by atoms with Gasteiger partial charge in [-0.3, -0.25) is 4.79 Å². The molecule has 0 spiro atoms. The lowest BCUT2D eigenvalue weighted by Crippen LogP contribution is -2.31. The molecular formula is C19H21NO5. The van der Waals surface area contributed by atoms with Gasteiger partial charge in [0.1, 0.15) is 19.3 Å². The lowest BCUT2D eigenvalue weighted by molar-refractivity contribution is -0.142. The molecule has 6 heteroatoms. The summed E-state index contributed by atoms with van der Waals surface area (Å²) in [4.78, 5) is 22.2. The summed E-state index contributed by atoms with van der Waals surface area (Å²) in [6.45, 7) is -0.112. The van der Waals surface area contributed by atoms with Gasteiger partial charge in [0, 0.05) is 6.54 Å². The van der Waals surface area contributed by atoms with Crippen LogP contribution in [-0.2, 0) is 19.1 Å². The second kappa shape index (κ2) is 10.2. The number of hydrogen-bond acceptors (Lipinski definition) is 4. The van der Waals surface area contributed by atoms with Crippen molar-refractivity contribution in [3.05, 3.63) is 71.8 Å². The van der Waals surface area contributed by atoms with Gasteiger partial charge >= 0.3 is 5.97 Å². The van der Waals surface area contributed by atoms with Crippen LogP contribution in [0, 0.1) is 0 Å². The van der Waals surface area contributed by atoms with Crippen LogP contribution in [0.1, 0.15) is 17.2 Å². The highest BCUT2D eigenvalue weighted by atomic mass is 16.5. The summed E-state index contributed by atoms with van der Waals surface area (Å²) >= 11 is 0. The Bertz CT molecular complexity index is 621. The molecule has 0 bridgehead atoms. The van der Waals surface area contributed by atoms with E-state index in [9.17, 15) is 9.59 Å². The Morgan fingerprint density at radius 1 is 0.920 bits per heavy atom. The maximum atomic E-state index is 11.9. The molecule has 25 heavy (non-hydrogen) atoms. The third-order valence-electron chi connectivity index (χ3n) is 3.38. The van der Waals surface area contributed by atoms with Gasteiger partial charge in [-0.15, -0.1) is 0 Å². The van der Waals surface area contributed by atoms with Gasteiger partial charge in [0.2, 0.25) is 5.91 Å². The zero-order valence-corrected chi connectivity index (χ0v) is 13.8. The number of aliphatic carboxylic acids is 1.